The Hall–Kier alpha value is -1.06. The van der Waals surface area contributed by atoms with Crippen LogP contribution in [0.4, 0.5) is 4.39 Å². The molecule has 0 saturated carbocycles. The van der Waals surface area contributed by atoms with Crippen LogP contribution in [0.25, 0.3) is 0 Å². The van der Waals surface area contributed by atoms with E-state index < -0.39 is 0 Å². The molecule has 106 valence electrons. The van der Waals surface area contributed by atoms with Crippen LogP contribution >= 0.6 is 22.9 Å². The Labute approximate surface area is 127 Å². The van der Waals surface area contributed by atoms with Gasteiger partial charge in [-0.25, -0.2) is 4.39 Å². The summed E-state index contributed by atoms with van der Waals surface area (Å²) in [7, 11) is 1.58. The quantitative estimate of drug-likeness (QED) is 0.716. The van der Waals surface area contributed by atoms with Crippen LogP contribution in [0, 0.1) is 5.82 Å². The first-order chi connectivity index (χ1) is 9.69. The largest absolute Gasteiger partial charge is 0.496 e. The molecule has 0 spiro atoms. The minimum atomic E-state index is -0.351. The summed E-state index contributed by atoms with van der Waals surface area (Å²) in [4.78, 5) is 2.52. The summed E-state index contributed by atoms with van der Waals surface area (Å²) in [5, 5.41) is -0.351. The van der Waals surface area contributed by atoms with Gasteiger partial charge in [-0.05, 0) is 55.5 Å². The zero-order chi connectivity index (χ0) is 14.1. The van der Waals surface area contributed by atoms with Gasteiger partial charge in [0.25, 0.3) is 0 Å². The van der Waals surface area contributed by atoms with Crippen LogP contribution in [0.2, 0.25) is 0 Å². The number of benzene rings is 1. The van der Waals surface area contributed by atoms with Gasteiger partial charge in [-0.2, -0.15) is 0 Å². The van der Waals surface area contributed by atoms with E-state index in [9.17, 15) is 4.39 Å². The summed E-state index contributed by atoms with van der Waals surface area (Å²) in [6, 6.07) is 6.68. The van der Waals surface area contributed by atoms with Crippen molar-refractivity contribution < 1.29 is 9.13 Å². The van der Waals surface area contributed by atoms with E-state index in [1.807, 2.05) is 0 Å². The van der Waals surface area contributed by atoms with Gasteiger partial charge in [-0.1, -0.05) is 0 Å². The fourth-order valence-electron chi connectivity index (χ4n) is 2.70. The molecule has 1 aliphatic rings. The lowest BCUT2D eigenvalue weighted by molar-refractivity contribution is 0.409. The van der Waals surface area contributed by atoms with Crippen molar-refractivity contribution in [2.75, 3.05) is 7.11 Å². The van der Waals surface area contributed by atoms with E-state index in [1.54, 1.807) is 24.5 Å². The number of hydrogen-bond acceptors (Lipinski definition) is 2. The Bertz CT molecular complexity index is 599. The van der Waals surface area contributed by atoms with Crippen LogP contribution in [0.1, 0.15) is 39.1 Å². The molecule has 4 heteroatoms. The first-order valence-electron chi connectivity index (χ1n) is 6.78. The van der Waals surface area contributed by atoms with Crippen LogP contribution in [0.5, 0.6) is 5.75 Å². The third-order valence-electron chi connectivity index (χ3n) is 3.73. The number of aryl methyl sites for hydroxylation is 2. The molecule has 1 heterocycles. The Kier molecular flexibility index (Phi) is 3.99. The second kappa shape index (κ2) is 5.74. The number of methoxy groups -OCH3 is 1. The zero-order valence-electron chi connectivity index (χ0n) is 11.3. The average Bonchev–Trinajstić information content (AvgIpc) is 2.90. The van der Waals surface area contributed by atoms with Gasteiger partial charge < -0.3 is 4.74 Å². The van der Waals surface area contributed by atoms with Crippen molar-refractivity contribution in [2.24, 2.45) is 0 Å². The summed E-state index contributed by atoms with van der Waals surface area (Å²) in [6.45, 7) is 0. The molecule has 0 fully saturated rings. The van der Waals surface area contributed by atoms with Crippen molar-refractivity contribution in [3.8, 4) is 5.75 Å². The first-order valence-corrected chi connectivity index (χ1v) is 8.03. The predicted molar refractivity (Wildman–Crippen MR) is 81.6 cm³/mol. The standard InChI is InChI=1S/C16H16ClFOS/c1-19-13-7-6-11(18)9-12(13)16(17)15-8-10-4-2-3-5-14(10)20-15/h6-9,16H,2-5H2,1H3. The van der Waals surface area contributed by atoms with Gasteiger partial charge >= 0.3 is 0 Å². The van der Waals surface area contributed by atoms with Crippen molar-refractivity contribution in [1.82, 2.24) is 0 Å². The maximum Gasteiger partial charge on any atom is 0.124 e. The van der Waals surface area contributed by atoms with Crippen molar-refractivity contribution in [2.45, 2.75) is 31.1 Å². The molecule has 0 radical (unpaired) electrons. The Balaban J connectivity index is 1.97. The molecule has 0 amide bonds. The van der Waals surface area contributed by atoms with Gasteiger partial charge in [-0.15, -0.1) is 22.9 Å². The van der Waals surface area contributed by atoms with Gasteiger partial charge in [-0.3, -0.25) is 0 Å². The Morgan fingerprint density at radius 1 is 1.25 bits per heavy atom. The molecule has 1 unspecified atom stereocenters. The lowest BCUT2D eigenvalue weighted by Gasteiger charge is -2.12. The van der Waals surface area contributed by atoms with Gasteiger partial charge in [0.2, 0.25) is 0 Å². The summed E-state index contributed by atoms with van der Waals surface area (Å²) < 4.78 is 18.8. The van der Waals surface area contributed by atoms with Crippen LogP contribution in [0.15, 0.2) is 24.3 Å². The second-order valence-electron chi connectivity index (χ2n) is 5.05. The molecule has 1 atom stereocenters. The summed E-state index contributed by atoms with van der Waals surface area (Å²) in [5.41, 5.74) is 2.12. The third-order valence-corrected chi connectivity index (χ3v) is 5.63. The number of thiophene rings is 1. The molecule has 0 bridgehead atoms. The number of hydrogen-bond donors (Lipinski definition) is 0. The maximum absolute atomic E-state index is 13.5. The fraction of sp³-hybridized carbons (Fsp3) is 0.375. The predicted octanol–water partition coefficient (Wildman–Crippen LogP) is 5.10. The number of ether oxygens (including phenoxy) is 1. The van der Waals surface area contributed by atoms with E-state index >= 15 is 0 Å². The van der Waals surface area contributed by atoms with Crippen LogP contribution < -0.4 is 4.74 Å². The molecule has 1 aromatic heterocycles. The molecule has 1 aromatic carbocycles. The van der Waals surface area contributed by atoms with Crippen LogP contribution in [0.3, 0.4) is 0 Å². The lowest BCUT2D eigenvalue weighted by atomic mass is 9.98. The topological polar surface area (TPSA) is 9.23 Å². The Morgan fingerprint density at radius 2 is 2.05 bits per heavy atom. The molecule has 0 saturated heterocycles. The average molecular weight is 311 g/mol. The fourth-order valence-corrected chi connectivity index (χ4v) is 4.32. The highest BCUT2D eigenvalue weighted by Crippen LogP contribution is 2.41. The molecule has 20 heavy (non-hydrogen) atoms. The molecule has 1 aliphatic carbocycles. The van der Waals surface area contributed by atoms with Gasteiger partial charge in [0.15, 0.2) is 0 Å². The molecular weight excluding hydrogens is 295 g/mol. The van der Waals surface area contributed by atoms with E-state index in [4.69, 9.17) is 16.3 Å². The Morgan fingerprint density at radius 3 is 2.80 bits per heavy atom. The zero-order valence-corrected chi connectivity index (χ0v) is 12.9. The number of alkyl halides is 1. The number of fused-ring (bicyclic) bond motifs is 1. The molecule has 0 aliphatic heterocycles. The summed E-state index contributed by atoms with van der Waals surface area (Å²) >= 11 is 8.32. The van der Waals surface area contributed by atoms with Crippen LogP contribution in [-0.4, -0.2) is 7.11 Å². The third kappa shape index (κ3) is 2.57. The molecule has 1 nitrogen and oxygen atoms in total. The maximum atomic E-state index is 13.5. The number of rotatable bonds is 3. The molecule has 3 rings (SSSR count). The monoisotopic (exact) mass is 310 g/mol. The van der Waals surface area contributed by atoms with Crippen molar-refractivity contribution >= 4 is 22.9 Å². The van der Waals surface area contributed by atoms with Gasteiger partial charge in [0, 0.05) is 15.3 Å². The van der Waals surface area contributed by atoms with E-state index in [0.29, 0.717) is 11.3 Å². The molecule has 0 N–H and O–H groups in total. The highest BCUT2D eigenvalue weighted by molar-refractivity contribution is 7.12. The van der Waals surface area contributed by atoms with E-state index in [-0.39, 0.29) is 11.2 Å². The number of halogens is 2. The van der Waals surface area contributed by atoms with Crippen molar-refractivity contribution in [3.63, 3.8) is 0 Å². The van der Waals surface area contributed by atoms with E-state index in [1.165, 1.54) is 35.4 Å². The molecule has 2 aromatic rings. The van der Waals surface area contributed by atoms with Gasteiger partial charge in [0.05, 0.1) is 12.5 Å². The minimum Gasteiger partial charge on any atom is -0.496 e. The SMILES string of the molecule is COc1ccc(F)cc1C(Cl)c1cc2c(s1)CCCC2. The molecular formula is C16H16ClFOS. The van der Waals surface area contributed by atoms with E-state index in [0.717, 1.165) is 17.7 Å². The summed E-state index contributed by atoms with van der Waals surface area (Å²) in [5.74, 6) is 0.352. The van der Waals surface area contributed by atoms with E-state index in [2.05, 4.69) is 6.07 Å². The lowest BCUT2D eigenvalue weighted by Crippen LogP contribution is -1.97. The highest BCUT2D eigenvalue weighted by atomic mass is 35.5. The van der Waals surface area contributed by atoms with Crippen molar-refractivity contribution in [3.05, 3.63) is 51.0 Å². The normalized spacial score (nSPS) is 15.8. The highest BCUT2D eigenvalue weighted by Gasteiger charge is 2.21. The van der Waals surface area contributed by atoms with Crippen LogP contribution in [-0.2, 0) is 12.8 Å². The minimum absolute atomic E-state index is 0.284. The second-order valence-corrected chi connectivity index (χ2v) is 6.66. The van der Waals surface area contributed by atoms with Gasteiger partial charge in [0.1, 0.15) is 11.6 Å². The first kappa shape index (κ1) is 13.9. The summed E-state index contributed by atoms with van der Waals surface area (Å²) in [6.07, 6.45) is 4.78. The van der Waals surface area contributed by atoms with Crippen molar-refractivity contribution in [1.29, 1.82) is 0 Å². The smallest absolute Gasteiger partial charge is 0.124 e.